The number of carbonyl (C=O) groups is 1. The van der Waals surface area contributed by atoms with Crippen molar-refractivity contribution in [2.24, 2.45) is 11.3 Å². The van der Waals surface area contributed by atoms with Gasteiger partial charge in [0.2, 0.25) is 5.91 Å². The van der Waals surface area contributed by atoms with Gasteiger partial charge in [0.05, 0.1) is 5.69 Å². The average molecular weight is 371 g/mol. The number of halogens is 1. The first-order valence-corrected chi connectivity index (χ1v) is 9.38. The van der Waals surface area contributed by atoms with Crippen LogP contribution in [0.2, 0.25) is 0 Å². The molecule has 27 heavy (non-hydrogen) atoms. The van der Waals surface area contributed by atoms with Crippen molar-refractivity contribution in [3.05, 3.63) is 52.6 Å². The molecule has 2 heterocycles. The van der Waals surface area contributed by atoms with Crippen molar-refractivity contribution in [1.29, 1.82) is 0 Å². The van der Waals surface area contributed by atoms with E-state index in [2.05, 4.69) is 5.10 Å². The number of rotatable bonds is 3. The molecule has 0 spiro atoms. The third-order valence-electron chi connectivity index (χ3n) is 4.99. The molecule has 6 heteroatoms. The van der Waals surface area contributed by atoms with Gasteiger partial charge in [-0.1, -0.05) is 32.9 Å². The SMILES string of the molecule is CC(C)(C)C(=O)N1CCC(Cn2nc(-c3ccccc3F)ccc2=O)CC1. The maximum atomic E-state index is 14.0. The first kappa shape index (κ1) is 19.3. The van der Waals surface area contributed by atoms with Crippen LogP contribution in [0, 0.1) is 17.2 Å². The van der Waals surface area contributed by atoms with Crippen molar-refractivity contribution in [1.82, 2.24) is 14.7 Å². The first-order valence-electron chi connectivity index (χ1n) is 9.38. The second-order valence-electron chi connectivity index (χ2n) is 8.20. The fourth-order valence-corrected chi connectivity index (χ4v) is 3.43. The van der Waals surface area contributed by atoms with E-state index < -0.39 is 0 Å². The summed E-state index contributed by atoms with van der Waals surface area (Å²) in [7, 11) is 0. The zero-order chi connectivity index (χ0) is 19.6. The minimum absolute atomic E-state index is 0.165. The number of piperidine rings is 1. The smallest absolute Gasteiger partial charge is 0.266 e. The maximum Gasteiger partial charge on any atom is 0.266 e. The lowest BCUT2D eigenvalue weighted by atomic mass is 9.91. The van der Waals surface area contributed by atoms with E-state index in [1.165, 1.54) is 16.8 Å². The highest BCUT2D eigenvalue weighted by Gasteiger charge is 2.30. The van der Waals surface area contributed by atoms with Crippen molar-refractivity contribution in [2.45, 2.75) is 40.2 Å². The quantitative estimate of drug-likeness (QED) is 0.832. The summed E-state index contributed by atoms with van der Waals surface area (Å²) >= 11 is 0. The Morgan fingerprint density at radius 3 is 2.44 bits per heavy atom. The molecule has 144 valence electrons. The van der Waals surface area contributed by atoms with Gasteiger partial charge in [-0.25, -0.2) is 9.07 Å². The Balaban J connectivity index is 1.70. The molecule has 0 bridgehead atoms. The molecule has 3 rings (SSSR count). The van der Waals surface area contributed by atoms with E-state index in [1.807, 2.05) is 25.7 Å². The third kappa shape index (κ3) is 4.43. The Bertz CT molecular complexity index is 877. The van der Waals surface area contributed by atoms with Gasteiger partial charge in [0.25, 0.3) is 5.56 Å². The van der Waals surface area contributed by atoms with Gasteiger partial charge >= 0.3 is 0 Å². The minimum Gasteiger partial charge on any atom is -0.342 e. The fraction of sp³-hybridized carbons (Fsp3) is 0.476. The number of hydrogen-bond acceptors (Lipinski definition) is 3. The van der Waals surface area contributed by atoms with Crippen LogP contribution in [0.5, 0.6) is 0 Å². The van der Waals surface area contributed by atoms with E-state index >= 15 is 0 Å². The molecule has 0 N–H and O–H groups in total. The van der Waals surface area contributed by atoms with Gasteiger partial charge in [-0.15, -0.1) is 0 Å². The summed E-state index contributed by atoms with van der Waals surface area (Å²) in [5, 5.41) is 4.37. The van der Waals surface area contributed by atoms with Crippen molar-refractivity contribution >= 4 is 5.91 Å². The maximum absolute atomic E-state index is 14.0. The molecule has 0 radical (unpaired) electrons. The van der Waals surface area contributed by atoms with Crippen LogP contribution < -0.4 is 5.56 Å². The molecular weight excluding hydrogens is 345 g/mol. The third-order valence-corrected chi connectivity index (χ3v) is 4.99. The molecule has 0 atom stereocenters. The standard InChI is InChI=1S/C21H26FN3O2/c1-21(2,3)20(27)24-12-10-15(11-13-24)14-25-19(26)9-8-18(23-25)16-6-4-5-7-17(16)22/h4-9,15H,10-14H2,1-3H3. The highest BCUT2D eigenvalue weighted by atomic mass is 19.1. The molecule has 1 aromatic carbocycles. The van der Waals surface area contributed by atoms with Gasteiger partial charge in [-0.2, -0.15) is 5.10 Å². The van der Waals surface area contributed by atoms with Gasteiger partial charge in [-0.05, 0) is 37.0 Å². The molecule has 1 aliphatic heterocycles. The van der Waals surface area contributed by atoms with E-state index in [0.717, 1.165) is 12.8 Å². The Labute approximate surface area is 158 Å². The molecule has 1 amide bonds. The van der Waals surface area contributed by atoms with Crippen molar-refractivity contribution < 1.29 is 9.18 Å². The van der Waals surface area contributed by atoms with Crippen LogP contribution in [0.25, 0.3) is 11.3 Å². The second kappa shape index (κ2) is 7.62. The van der Waals surface area contributed by atoms with E-state index in [0.29, 0.717) is 30.9 Å². The summed E-state index contributed by atoms with van der Waals surface area (Å²) in [5.74, 6) is 0.0806. The van der Waals surface area contributed by atoms with Gasteiger partial charge < -0.3 is 4.90 Å². The Morgan fingerprint density at radius 1 is 1.15 bits per heavy atom. The summed E-state index contributed by atoms with van der Waals surface area (Å²) < 4.78 is 15.4. The first-order chi connectivity index (χ1) is 12.8. The van der Waals surface area contributed by atoms with Crippen molar-refractivity contribution in [3.8, 4) is 11.3 Å². The summed E-state index contributed by atoms with van der Waals surface area (Å²) in [4.78, 5) is 26.5. The van der Waals surface area contributed by atoms with Gasteiger partial charge in [0.1, 0.15) is 5.82 Å². The monoisotopic (exact) mass is 371 g/mol. The lowest BCUT2D eigenvalue weighted by molar-refractivity contribution is -0.140. The van der Waals surface area contributed by atoms with Crippen LogP contribution in [0.3, 0.4) is 0 Å². The van der Waals surface area contributed by atoms with Gasteiger partial charge in [-0.3, -0.25) is 9.59 Å². The van der Waals surface area contributed by atoms with Crippen LogP contribution in [0.1, 0.15) is 33.6 Å². The van der Waals surface area contributed by atoms with Crippen LogP contribution in [0.15, 0.2) is 41.2 Å². The van der Waals surface area contributed by atoms with Crippen molar-refractivity contribution in [3.63, 3.8) is 0 Å². The molecule has 1 aliphatic rings. The number of aromatic nitrogens is 2. The molecule has 5 nitrogen and oxygen atoms in total. The summed E-state index contributed by atoms with van der Waals surface area (Å²) in [5.41, 5.74) is 0.271. The van der Waals surface area contributed by atoms with Gasteiger partial charge in [0, 0.05) is 36.7 Å². The number of carbonyl (C=O) groups excluding carboxylic acids is 1. The molecule has 1 fully saturated rings. The lowest BCUT2D eigenvalue weighted by Gasteiger charge is -2.35. The molecule has 0 aliphatic carbocycles. The fourth-order valence-electron chi connectivity index (χ4n) is 3.43. The molecular formula is C21H26FN3O2. The Hall–Kier alpha value is -2.50. The molecule has 0 saturated carbocycles. The number of benzene rings is 1. The predicted octanol–water partition coefficient (Wildman–Crippen LogP) is 3.33. The summed E-state index contributed by atoms with van der Waals surface area (Å²) in [6.45, 7) is 7.67. The highest BCUT2D eigenvalue weighted by Crippen LogP contribution is 2.24. The zero-order valence-corrected chi connectivity index (χ0v) is 16.1. The minimum atomic E-state index is -0.376. The van der Waals surface area contributed by atoms with Crippen LogP contribution >= 0.6 is 0 Å². The largest absolute Gasteiger partial charge is 0.342 e. The Kier molecular flexibility index (Phi) is 5.44. The number of amides is 1. The summed E-state index contributed by atoms with van der Waals surface area (Å²) in [6, 6.07) is 9.41. The second-order valence-corrected chi connectivity index (χ2v) is 8.20. The lowest BCUT2D eigenvalue weighted by Crippen LogP contribution is -2.45. The number of hydrogen-bond donors (Lipinski definition) is 0. The van der Waals surface area contributed by atoms with E-state index in [4.69, 9.17) is 0 Å². The summed E-state index contributed by atoms with van der Waals surface area (Å²) in [6.07, 6.45) is 1.67. The van der Waals surface area contributed by atoms with E-state index in [9.17, 15) is 14.0 Å². The molecule has 0 unspecified atom stereocenters. The van der Waals surface area contributed by atoms with Crippen LogP contribution in [0.4, 0.5) is 4.39 Å². The Morgan fingerprint density at radius 2 is 1.81 bits per heavy atom. The van der Waals surface area contributed by atoms with Crippen LogP contribution in [-0.2, 0) is 11.3 Å². The molecule has 1 saturated heterocycles. The van der Waals surface area contributed by atoms with Crippen molar-refractivity contribution in [2.75, 3.05) is 13.1 Å². The molecule has 2 aromatic rings. The zero-order valence-electron chi connectivity index (χ0n) is 16.1. The number of likely N-dealkylation sites (tertiary alicyclic amines) is 1. The van der Waals surface area contributed by atoms with E-state index in [1.54, 1.807) is 24.3 Å². The predicted molar refractivity (Wildman–Crippen MR) is 103 cm³/mol. The van der Waals surface area contributed by atoms with Crippen LogP contribution in [-0.4, -0.2) is 33.7 Å². The number of nitrogens with zero attached hydrogens (tertiary/aromatic N) is 3. The van der Waals surface area contributed by atoms with E-state index in [-0.39, 0.29) is 28.6 Å². The average Bonchev–Trinajstić information content (AvgIpc) is 2.63. The topological polar surface area (TPSA) is 55.2 Å². The van der Waals surface area contributed by atoms with Gasteiger partial charge in [0.15, 0.2) is 0 Å². The highest BCUT2D eigenvalue weighted by molar-refractivity contribution is 5.81. The molecule has 1 aromatic heterocycles. The normalized spacial score (nSPS) is 15.8.